The quantitative estimate of drug-likeness (QED) is 0.864. The molecule has 3 nitrogen and oxygen atoms in total. The molecule has 1 atom stereocenters. The molecule has 0 saturated heterocycles. The van der Waals surface area contributed by atoms with Gasteiger partial charge >= 0.3 is 0 Å². The van der Waals surface area contributed by atoms with Gasteiger partial charge in [-0.2, -0.15) is 0 Å². The number of aryl methyl sites for hydroxylation is 1. The smallest absolute Gasteiger partial charge is 0.207 e. The molecule has 19 heavy (non-hydrogen) atoms. The van der Waals surface area contributed by atoms with Crippen LogP contribution in [0.4, 0.5) is 0 Å². The summed E-state index contributed by atoms with van der Waals surface area (Å²) in [5.41, 5.74) is 1.06. The molecule has 2 rings (SSSR count). The molecule has 1 aliphatic carbocycles. The lowest BCUT2D eigenvalue weighted by atomic mass is 10.0. The third kappa shape index (κ3) is 4.18. The van der Waals surface area contributed by atoms with Crippen molar-refractivity contribution in [1.29, 1.82) is 0 Å². The molecule has 1 unspecified atom stereocenters. The first-order valence-corrected chi connectivity index (χ1v) is 8.32. The Morgan fingerprint density at radius 1 is 1.11 bits per heavy atom. The molecule has 0 saturated carbocycles. The van der Waals surface area contributed by atoms with E-state index in [1.165, 1.54) is 12.8 Å². The van der Waals surface area contributed by atoms with Crippen molar-refractivity contribution in [2.45, 2.75) is 50.0 Å². The van der Waals surface area contributed by atoms with Gasteiger partial charge in [-0.05, 0) is 38.3 Å². The largest absolute Gasteiger partial charge is 0.241 e. The van der Waals surface area contributed by atoms with Crippen LogP contribution >= 0.6 is 0 Å². The molecule has 1 aromatic rings. The predicted octanol–water partition coefficient (Wildman–Crippen LogP) is 3.16. The number of rotatable bonds is 3. The van der Waals surface area contributed by atoms with Gasteiger partial charge in [0.05, 0.1) is 4.90 Å². The Morgan fingerprint density at radius 3 is 2.58 bits per heavy atom. The molecule has 1 N–H and O–H groups in total. The van der Waals surface area contributed by atoms with Crippen molar-refractivity contribution >= 4 is 10.0 Å². The molecule has 0 fully saturated rings. The summed E-state index contributed by atoms with van der Waals surface area (Å²) < 4.78 is 27.3. The van der Waals surface area contributed by atoms with E-state index in [0.29, 0.717) is 4.90 Å². The normalized spacial score (nSPS) is 22.5. The fraction of sp³-hybridized carbons (Fsp3) is 0.467. The van der Waals surface area contributed by atoms with Crippen LogP contribution in [0.1, 0.15) is 37.7 Å². The summed E-state index contributed by atoms with van der Waals surface area (Å²) in [5.74, 6) is 0. The molecule has 1 aliphatic rings. The Bertz CT molecular complexity index is 532. The van der Waals surface area contributed by atoms with Gasteiger partial charge in [-0.15, -0.1) is 0 Å². The highest BCUT2D eigenvalue weighted by atomic mass is 32.2. The van der Waals surface area contributed by atoms with Crippen LogP contribution in [0.25, 0.3) is 0 Å². The number of hydrogen-bond acceptors (Lipinski definition) is 2. The predicted molar refractivity (Wildman–Crippen MR) is 77.5 cm³/mol. The lowest BCUT2D eigenvalue weighted by Gasteiger charge is -2.17. The average Bonchev–Trinajstić information content (AvgIpc) is 2.33. The van der Waals surface area contributed by atoms with E-state index in [4.69, 9.17) is 0 Å². The monoisotopic (exact) mass is 279 g/mol. The molecule has 0 bridgehead atoms. The van der Waals surface area contributed by atoms with Crippen LogP contribution in [-0.2, 0) is 10.0 Å². The molecule has 4 heteroatoms. The fourth-order valence-electron chi connectivity index (χ4n) is 2.24. The minimum Gasteiger partial charge on any atom is -0.207 e. The van der Waals surface area contributed by atoms with E-state index in [1.54, 1.807) is 12.1 Å². The van der Waals surface area contributed by atoms with E-state index >= 15 is 0 Å². The Morgan fingerprint density at radius 2 is 1.84 bits per heavy atom. The summed E-state index contributed by atoms with van der Waals surface area (Å²) in [4.78, 5) is 0.341. The van der Waals surface area contributed by atoms with E-state index < -0.39 is 10.0 Å². The Labute approximate surface area is 115 Å². The van der Waals surface area contributed by atoms with Gasteiger partial charge in [0.2, 0.25) is 10.0 Å². The zero-order valence-electron chi connectivity index (χ0n) is 11.3. The minimum absolute atomic E-state index is 0.0772. The van der Waals surface area contributed by atoms with Crippen LogP contribution < -0.4 is 4.72 Å². The highest BCUT2D eigenvalue weighted by Gasteiger charge is 2.18. The Balaban J connectivity index is 2.11. The zero-order chi connectivity index (χ0) is 13.7. The molecule has 0 spiro atoms. The maximum absolute atomic E-state index is 12.3. The van der Waals surface area contributed by atoms with Crippen LogP contribution in [-0.4, -0.2) is 14.5 Å². The van der Waals surface area contributed by atoms with Crippen molar-refractivity contribution in [2.75, 3.05) is 0 Å². The van der Waals surface area contributed by atoms with Crippen molar-refractivity contribution in [3.05, 3.63) is 42.0 Å². The highest BCUT2D eigenvalue weighted by molar-refractivity contribution is 7.89. The molecule has 0 radical (unpaired) electrons. The first-order chi connectivity index (χ1) is 9.08. The zero-order valence-corrected chi connectivity index (χ0v) is 12.1. The van der Waals surface area contributed by atoms with Crippen molar-refractivity contribution in [3.8, 4) is 0 Å². The lowest BCUT2D eigenvalue weighted by Crippen LogP contribution is -2.33. The van der Waals surface area contributed by atoms with Gasteiger partial charge in [-0.25, -0.2) is 13.1 Å². The molecule has 0 aliphatic heterocycles. The van der Waals surface area contributed by atoms with E-state index in [-0.39, 0.29) is 6.04 Å². The van der Waals surface area contributed by atoms with Crippen molar-refractivity contribution in [1.82, 2.24) is 4.72 Å². The highest BCUT2D eigenvalue weighted by Crippen LogP contribution is 2.15. The first kappa shape index (κ1) is 14.3. The summed E-state index contributed by atoms with van der Waals surface area (Å²) >= 11 is 0. The van der Waals surface area contributed by atoms with Crippen molar-refractivity contribution in [2.24, 2.45) is 0 Å². The van der Waals surface area contributed by atoms with Gasteiger partial charge in [0.15, 0.2) is 0 Å². The van der Waals surface area contributed by atoms with Crippen LogP contribution in [0.5, 0.6) is 0 Å². The van der Waals surface area contributed by atoms with E-state index in [9.17, 15) is 8.42 Å². The third-order valence-electron chi connectivity index (χ3n) is 3.39. The molecule has 104 valence electrons. The minimum atomic E-state index is -3.41. The summed E-state index contributed by atoms with van der Waals surface area (Å²) in [6.07, 6.45) is 9.45. The summed E-state index contributed by atoms with van der Waals surface area (Å²) in [6, 6.07) is 6.88. The van der Waals surface area contributed by atoms with Gasteiger partial charge in [-0.1, -0.05) is 42.7 Å². The van der Waals surface area contributed by atoms with Crippen LogP contribution in [0, 0.1) is 6.92 Å². The van der Waals surface area contributed by atoms with Crippen LogP contribution in [0.2, 0.25) is 0 Å². The molecule has 0 amide bonds. The van der Waals surface area contributed by atoms with E-state index in [0.717, 1.165) is 24.8 Å². The number of allylic oxidation sites excluding steroid dienone is 1. The molecular formula is C15H21NO2S. The average molecular weight is 279 g/mol. The van der Waals surface area contributed by atoms with E-state index in [1.807, 2.05) is 25.1 Å². The number of sulfonamides is 1. The summed E-state index contributed by atoms with van der Waals surface area (Å²) in [7, 11) is -3.41. The molecule has 1 aromatic carbocycles. The summed E-state index contributed by atoms with van der Waals surface area (Å²) in [5, 5.41) is 0. The second kappa shape index (κ2) is 6.35. The van der Waals surface area contributed by atoms with Gasteiger partial charge < -0.3 is 0 Å². The second-order valence-electron chi connectivity index (χ2n) is 5.11. The Kier molecular flexibility index (Phi) is 4.77. The Hall–Kier alpha value is -1.13. The number of nitrogens with one attached hydrogen (secondary N) is 1. The van der Waals surface area contributed by atoms with E-state index in [2.05, 4.69) is 10.8 Å². The maximum atomic E-state index is 12.3. The van der Waals surface area contributed by atoms with Crippen LogP contribution in [0.3, 0.4) is 0 Å². The fourth-order valence-corrected chi connectivity index (χ4v) is 3.47. The van der Waals surface area contributed by atoms with Crippen LogP contribution in [0.15, 0.2) is 41.3 Å². The summed E-state index contributed by atoms with van der Waals surface area (Å²) in [6.45, 7) is 1.95. The number of hydrogen-bond donors (Lipinski definition) is 1. The maximum Gasteiger partial charge on any atom is 0.241 e. The van der Waals surface area contributed by atoms with Gasteiger partial charge in [0.1, 0.15) is 0 Å². The van der Waals surface area contributed by atoms with Gasteiger partial charge in [0.25, 0.3) is 0 Å². The topological polar surface area (TPSA) is 46.2 Å². The SMILES string of the molecule is Cc1ccc(S(=O)(=O)NC2/C=C\CCCCC2)cc1. The second-order valence-corrected chi connectivity index (χ2v) is 6.82. The first-order valence-electron chi connectivity index (χ1n) is 6.83. The molecular weight excluding hydrogens is 258 g/mol. The van der Waals surface area contributed by atoms with Crippen molar-refractivity contribution < 1.29 is 8.42 Å². The molecule has 0 aromatic heterocycles. The standard InChI is InChI=1S/C15H21NO2S/c1-13-9-11-15(12-10-13)19(17,18)16-14-7-5-3-2-4-6-8-14/h5,7,9-12,14,16H,2-4,6,8H2,1H3/b7-5-. The van der Waals surface area contributed by atoms with Crippen molar-refractivity contribution in [3.63, 3.8) is 0 Å². The molecule has 0 heterocycles. The van der Waals surface area contributed by atoms with Gasteiger partial charge in [0, 0.05) is 6.04 Å². The van der Waals surface area contributed by atoms with Gasteiger partial charge in [-0.3, -0.25) is 0 Å². The number of benzene rings is 1. The lowest BCUT2D eigenvalue weighted by molar-refractivity contribution is 0.538. The third-order valence-corrected chi connectivity index (χ3v) is 4.90.